The summed E-state index contributed by atoms with van der Waals surface area (Å²) in [4.78, 5) is 61.6. The van der Waals surface area contributed by atoms with Crippen molar-refractivity contribution in [3.63, 3.8) is 0 Å². The Labute approximate surface area is 513 Å². The van der Waals surface area contributed by atoms with Gasteiger partial charge in [0.2, 0.25) is 9.84 Å². The quantitative estimate of drug-likeness (QED) is 0.0413. The number of thioether (sulfide) groups is 1. The first-order chi connectivity index (χ1) is 36.6. The van der Waals surface area contributed by atoms with E-state index in [4.69, 9.17) is 25.1 Å². The van der Waals surface area contributed by atoms with Crippen LogP contribution in [0, 0.1) is 5.92 Å². The van der Waals surface area contributed by atoms with E-state index in [2.05, 4.69) is 106 Å². The summed E-state index contributed by atoms with van der Waals surface area (Å²) < 4.78 is 45.4. The first-order valence-electron chi connectivity index (χ1n) is 24.6. The fourth-order valence-corrected chi connectivity index (χ4v) is 14.8. The topological polar surface area (TPSA) is 215 Å². The number of aromatic carboxylic acids is 1. The zero-order valence-corrected chi connectivity index (χ0v) is 56.3. The van der Waals surface area contributed by atoms with Crippen molar-refractivity contribution in [2.24, 2.45) is 11.7 Å². The lowest BCUT2D eigenvalue weighted by Crippen LogP contribution is -2.23. The highest BCUT2D eigenvalue weighted by Crippen LogP contribution is 2.35. The minimum Gasteiger partial charge on any atom is -0.478 e. The molecule has 3 N–H and O–H groups in total. The molecule has 0 saturated carbocycles. The molecule has 0 bridgehead atoms. The van der Waals surface area contributed by atoms with E-state index in [1.54, 1.807) is 52.6 Å². The summed E-state index contributed by atoms with van der Waals surface area (Å²) in [6.07, 6.45) is 11.8. The van der Waals surface area contributed by atoms with Crippen molar-refractivity contribution < 1.29 is 46.9 Å². The maximum absolute atomic E-state index is 12.4. The number of unbranched alkanes of at least 4 members (excludes halogenated alkanes) is 1. The molecule has 3 heterocycles. The molecule has 0 spiro atoms. The molecule has 78 heavy (non-hydrogen) atoms. The van der Waals surface area contributed by atoms with E-state index in [1.807, 2.05) is 72.1 Å². The van der Waals surface area contributed by atoms with Gasteiger partial charge in [-0.15, -0.1) is 45.8 Å². The molecule has 3 aromatic carbocycles. The molecule has 0 aliphatic carbocycles. The van der Waals surface area contributed by atoms with E-state index in [9.17, 15) is 27.6 Å². The van der Waals surface area contributed by atoms with Crippen molar-refractivity contribution in [2.45, 2.75) is 155 Å². The summed E-state index contributed by atoms with van der Waals surface area (Å²) in [6, 6.07) is 14.9. The number of aryl methyl sites for hydroxylation is 2. The number of sulfone groups is 1. The normalized spacial score (nSPS) is 11.7. The third-order valence-electron chi connectivity index (χ3n) is 9.89. The number of ether oxygens (including phenoxy) is 3. The van der Waals surface area contributed by atoms with Crippen LogP contribution in [0.3, 0.4) is 0 Å². The molecule has 0 fully saturated rings. The molecule has 0 amide bonds. The average molecular weight is 1440 g/mol. The van der Waals surface area contributed by atoms with Gasteiger partial charge in [-0.2, -0.15) is 0 Å². The Hall–Kier alpha value is -3.04. The molecule has 0 aliphatic heterocycles. The van der Waals surface area contributed by atoms with E-state index >= 15 is 0 Å². The lowest BCUT2D eigenvalue weighted by molar-refractivity contribution is -0.144. The van der Waals surface area contributed by atoms with Crippen LogP contribution in [0.2, 0.25) is 0 Å². The zero-order chi connectivity index (χ0) is 58.4. The van der Waals surface area contributed by atoms with Crippen molar-refractivity contribution in [3.05, 3.63) is 122 Å². The number of carbonyl (C=O) groups is 4. The minimum atomic E-state index is -3.80. The first-order valence-corrected chi connectivity index (χ1v) is 33.5. The molecule has 1 unspecified atom stereocenters. The monoisotopic (exact) mass is 1440 g/mol. The predicted molar refractivity (Wildman–Crippen MR) is 330 cm³/mol. The summed E-state index contributed by atoms with van der Waals surface area (Å²) in [6.45, 7) is 20.3. The van der Waals surface area contributed by atoms with E-state index < -0.39 is 27.0 Å². The smallest absolute Gasteiger partial charge is 0.338 e. The molecule has 24 heteroatoms. The highest BCUT2D eigenvalue weighted by atomic mass is 79.9. The van der Waals surface area contributed by atoms with Crippen molar-refractivity contribution in [2.75, 3.05) is 12.4 Å². The summed E-state index contributed by atoms with van der Waals surface area (Å²) in [5.41, 5.74) is 5.30. The lowest BCUT2D eigenvalue weighted by Gasteiger charge is -2.19. The second-order valence-electron chi connectivity index (χ2n) is 18.8. The van der Waals surface area contributed by atoms with E-state index in [1.165, 1.54) is 47.9 Å². The molecule has 426 valence electrons. The van der Waals surface area contributed by atoms with E-state index in [0.29, 0.717) is 45.3 Å². The highest BCUT2D eigenvalue weighted by Gasteiger charge is 2.24. The number of nitrogens with two attached hydrogens (primary N) is 1. The molecule has 1 atom stereocenters. The number of thiazole rings is 3. The number of aromatic nitrogens is 3. The Morgan fingerprint density at radius 1 is 0.692 bits per heavy atom. The van der Waals surface area contributed by atoms with Crippen LogP contribution < -0.4 is 5.73 Å². The number of carboxylic acid groups (broad SMARTS) is 1. The molecule has 14 nitrogen and oxygen atoms in total. The van der Waals surface area contributed by atoms with Crippen LogP contribution in [0.4, 0.5) is 0 Å². The number of nitrogens with zero attached hydrogens (tertiary/aromatic N) is 3. The zero-order valence-electron chi connectivity index (χ0n) is 45.1. The molecule has 0 aliphatic rings. The Morgan fingerprint density at radius 3 is 1.72 bits per heavy atom. The maximum Gasteiger partial charge on any atom is 0.338 e. The van der Waals surface area contributed by atoms with Gasteiger partial charge in [0.1, 0.15) is 20.4 Å². The van der Waals surface area contributed by atoms with E-state index in [0.717, 1.165) is 74.8 Å². The van der Waals surface area contributed by atoms with Gasteiger partial charge >= 0.3 is 23.9 Å². The summed E-state index contributed by atoms with van der Waals surface area (Å²) in [7, 11) is -3.80. The number of halogens is 4. The lowest BCUT2D eigenvalue weighted by atomic mass is 10.0. The SMILES string of the molecule is CCCCC(CC)COC(=O)CCSc1cc(Br)cc(C(=O)OC(C)(C)C)c1.CCc1ncc(Br)s1.CCc1ncc(Sc2cc(Br)cc(C(=O)OC(C)(C)C)c2)s1.NCc1ncc(S(=O)(=O)c2cc(Br)cc(C(=O)O)c2)s1. The highest BCUT2D eigenvalue weighted by molar-refractivity contribution is 9.11. The summed E-state index contributed by atoms with van der Waals surface area (Å²) in [5, 5.41) is 11.8. The Balaban J connectivity index is 0.000000289. The predicted octanol–water partition coefficient (Wildman–Crippen LogP) is 16.6. The van der Waals surface area contributed by atoms with Crippen molar-refractivity contribution in [1.29, 1.82) is 0 Å². The fraction of sp³-hybridized carbons (Fsp3) is 0.426. The number of carbonyl (C=O) groups excluding carboxylic acids is 3. The van der Waals surface area contributed by atoms with Gasteiger partial charge in [0.05, 0.1) is 71.2 Å². The van der Waals surface area contributed by atoms with Gasteiger partial charge in [-0.05, 0) is 137 Å². The largest absolute Gasteiger partial charge is 0.478 e. The Bertz CT molecular complexity index is 3030. The summed E-state index contributed by atoms with van der Waals surface area (Å²) >= 11 is 20.8. The number of carboxylic acids is 1. The Kier molecular flexibility index (Phi) is 30.0. The van der Waals surface area contributed by atoms with E-state index in [-0.39, 0.29) is 39.1 Å². The standard InChI is InChI=1S/C22H33BrO4S.C16H18BrNO2S2.C11H9BrN2O4S2.C5H6BrNS/c1-6-8-9-16(7-2)15-26-20(24)10-11-28-19-13-17(12-18(23)14-19)21(25)27-22(3,4)5;1-5-13-18-9-14(22-13)21-12-7-10(6-11(17)8-12)15(19)20-16(2,3)4;12-7-1-6(11(15)16)2-8(3-7)20(17,18)10-5-14-9(4-13)19-10;1-2-5-7-3-4(6)8-5/h12-14,16H,6-11,15H2,1-5H3;6-9H,5H2,1-4H3;1-3,5H,4,13H2,(H,15,16);3H,2H2,1H3. The van der Waals surface area contributed by atoms with Crippen LogP contribution in [-0.2, 0) is 48.2 Å². The fourth-order valence-electron chi connectivity index (χ4n) is 6.15. The van der Waals surface area contributed by atoms with Crippen LogP contribution in [0.1, 0.15) is 147 Å². The minimum absolute atomic E-state index is 0.0346. The molecule has 6 aromatic rings. The third kappa shape index (κ3) is 25.8. The van der Waals surface area contributed by atoms with Gasteiger partial charge < -0.3 is 25.1 Å². The van der Waals surface area contributed by atoms with Gasteiger partial charge in [0.25, 0.3) is 0 Å². The Morgan fingerprint density at radius 2 is 1.23 bits per heavy atom. The van der Waals surface area contributed by atoms with Crippen LogP contribution in [0.25, 0.3) is 0 Å². The van der Waals surface area contributed by atoms with Crippen molar-refractivity contribution in [3.8, 4) is 0 Å². The van der Waals surface area contributed by atoms with Crippen molar-refractivity contribution in [1.82, 2.24) is 15.0 Å². The average Bonchev–Trinajstić information content (AvgIpc) is 4.16. The third-order valence-corrected chi connectivity index (χ3v) is 19.3. The number of esters is 3. The number of rotatable bonds is 20. The van der Waals surface area contributed by atoms with Crippen LogP contribution in [0.5, 0.6) is 0 Å². The molecule has 6 rings (SSSR count). The van der Waals surface area contributed by atoms with Gasteiger partial charge in [-0.3, -0.25) is 4.79 Å². The van der Waals surface area contributed by atoms with Crippen LogP contribution in [0.15, 0.2) is 113 Å². The van der Waals surface area contributed by atoms with Crippen molar-refractivity contribution >= 4 is 155 Å². The molecular weight excluding hydrogens is 1380 g/mol. The maximum atomic E-state index is 12.4. The van der Waals surface area contributed by atoms with Crippen LogP contribution in [-0.4, -0.2) is 75.9 Å². The first kappa shape index (κ1) is 69.2. The van der Waals surface area contributed by atoms with Gasteiger partial charge in [-0.1, -0.05) is 107 Å². The van der Waals surface area contributed by atoms with Crippen LogP contribution >= 0.6 is 121 Å². The molecule has 0 radical (unpaired) electrons. The molecular formula is C54H66Br4N4O10S6. The molecule has 0 saturated heterocycles. The second-order valence-corrected chi connectivity index (χ2v) is 30.9. The second kappa shape index (κ2) is 33.8. The summed E-state index contributed by atoms with van der Waals surface area (Å²) in [5.74, 6) is -0.964. The van der Waals surface area contributed by atoms with Gasteiger partial charge in [0.15, 0.2) is 0 Å². The number of hydrogen-bond donors (Lipinski definition) is 2. The number of benzene rings is 3. The number of hydrogen-bond acceptors (Lipinski definition) is 18. The van der Waals surface area contributed by atoms with Gasteiger partial charge in [0, 0.05) is 35.5 Å². The molecule has 3 aromatic heterocycles. The van der Waals surface area contributed by atoms with Gasteiger partial charge in [-0.25, -0.2) is 37.8 Å².